The van der Waals surface area contributed by atoms with E-state index in [4.69, 9.17) is 0 Å². The van der Waals surface area contributed by atoms with Gasteiger partial charge in [0.05, 0.1) is 0 Å². The van der Waals surface area contributed by atoms with Crippen LogP contribution in [0.2, 0.25) is 0 Å². The molecule has 0 radical (unpaired) electrons. The summed E-state index contributed by atoms with van der Waals surface area (Å²) < 4.78 is 13.6. The summed E-state index contributed by atoms with van der Waals surface area (Å²) in [6.07, 6.45) is 9.29. The Balaban J connectivity index is 1.67. The smallest absolute Gasteiger partial charge is 0.126 e. The molecule has 1 atom stereocenters. The molecule has 2 rings (SSSR count). The van der Waals surface area contributed by atoms with Crippen molar-refractivity contribution < 1.29 is 4.39 Å². The fourth-order valence-electron chi connectivity index (χ4n) is 2.82. The summed E-state index contributed by atoms with van der Waals surface area (Å²) in [4.78, 5) is 0. The highest BCUT2D eigenvalue weighted by molar-refractivity contribution is 7.98. The average molecular weight is 281 g/mol. The number of halogens is 1. The first-order valence-electron chi connectivity index (χ1n) is 7.32. The van der Waals surface area contributed by atoms with Gasteiger partial charge in [0.1, 0.15) is 5.82 Å². The Morgan fingerprint density at radius 2 is 2.11 bits per heavy atom. The van der Waals surface area contributed by atoms with Crippen molar-refractivity contribution in [2.45, 2.75) is 44.6 Å². The molecule has 0 saturated heterocycles. The largest absolute Gasteiger partial charge is 0.310 e. The predicted octanol–water partition coefficient (Wildman–Crippen LogP) is 4.33. The monoisotopic (exact) mass is 281 g/mol. The molecule has 1 aromatic rings. The maximum Gasteiger partial charge on any atom is 0.126 e. The Morgan fingerprint density at radius 1 is 1.26 bits per heavy atom. The second-order valence-corrected chi connectivity index (χ2v) is 6.25. The highest BCUT2D eigenvalue weighted by Crippen LogP contribution is 2.32. The Morgan fingerprint density at radius 3 is 2.95 bits per heavy atom. The van der Waals surface area contributed by atoms with Gasteiger partial charge in [-0.05, 0) is 61.4 Å². The third-order valence-corrected chi connectivity index (χ3v) is 4.58. The molecule has 1 aliphatic rings. The molecular formula is C16H24FNS. The number of hydrogen-bond donors (Lipinski definition) is 1. The summed E-state index contributed by atoms with van der Waals surface area (Å²) in [5.74, 6) is 1.25. The molecular weight excluding hydrogens is 257 g/mol. The standard InChI is InChI=1S/C16H24FNS/c1-19-12-5-3-2-4-11-18-16-10-9-13-14(16)7-6-8-15(13)17/h6-8,16,18H,2-5,9-12H2,1H3. The Bertz CT molecular complexity index is 394. The van der Waals surface area contributed by atoms with Crippen LogP contribution in [0.5, 0.6) is 0 Å². The van der Waals surface area contributed by atoms with E-state index in [1.165, 1.54) is 37.0 Å². The molecule has 0 aliphatic heterocycles. The van der Waals surface area contributed by atoms with Gasteiger partial charge in [0, 0.05) is 6.04 Å². The Labute approximate surface area is 120 Å². The van der Waals surface area contributed by atoms with Gasteiger partial charge >= 0.3 is 0 Å². The van der Waals surface area contributed by atoms with E-state index in [9.17, 15) is 4.39 Å². The first-order valence-corrected chi connectivity index (χ1v) is 8.72. The number of unbranched alkanes of at least 4 members (excludes halogenated alkanes) is 3. The van der Waals surface area contributed by atoms with Gasteiger partial charge in [-0.2, -0.15) is 11.8 Å². The van der Waals surface area contributed by atoms with Gasteiger partial charge in [-0.3, -0.25) is 0 Å². The van der Waals surface area contributed by atoms with E-state index in [2.05, 4.69) is 17.6 Å². The van der Waals surface area contributed by atoms with Crippen molar-refractivity contribution in [2.24, 2.45) is 0 Å². The van der Waals surface area contributed by atoms with Crippen LogP contribution in [0.15, 0.2) is 18.2 Å². The lowest BCUT2D eigenvalue weighted by Crippen LogP contribution is -2.20. The molecule has 0 bridgehead atoms. The number of benzene rings is 1. The van der Waals surface area contributed by atoms with Gasteiger partial charge in [0.15, 0.2) is 0 Å². The van der Waals surface area contributed by atoms with E-state index in [1.807, 2.05) is 17.8 Å². The molecule has 19 heavy (non-hydrogen) atoms. The zero-order chi connectivity index (χ0) is 13.5. The molecule has 3 heteroatoms. The lowest BCUT2D eigenvalue weighted by Gasteiger charge is -2.14. The second-order valence-electron chi connectivity index (χ2n) is 5.26. The third kappa shape index (κ3) is 4.22. The van der Waals surface area contributed by atoms with Crippen molar-refractivity contribution in [3.8, 4) is 0 Å². The topological polar surface area (TPSA) is 12.0 Å². The van der Waals surface area contributed by atoms with Crippen molar-refractivity contribution in [1.82, 2.24) is 5.32 Å². The summed E-state index contributed by atoms with van der Waals surface area (Å²) in [5, 5.41) is 3.58. The summed E-state index contributed by atoms with van der Waals surface area (Å²) in [6, 6.07) is 5.85. The second kappa shape index (κ2) is 7.91. The molecule has 1 unspecified atom stereocenters. The van der Waals surface area contributed by atoms with Crippen molar-refractivity contribution in [3.05, 3.63) is 35.1 Å². The van der Waals surface area contributed by atoms with Gasteiger partial charge in [-0.25, -0.2) is 4.39 Å². The minimum atomic E-state index is -0.0288. The zero-order valence-corrected chi connectivity index (χ0v) is 12.6. The first-order chi connectivity index (χ1) is 9.33. The van der Waals surface area contributed by atoms with Crippen LogP contribution in [-0.4, -0.2) is 18.6 Å². The maximum absolute atomic E-state index is 13.6. The van der Waals surface area contributed by atoms with E-state index in [1.54, 1.807) is 6.07 Å². The SMILES string of the molecule is CSCCCCCCNC1CCc2c(F)cccc21. The molecule has 1 aromatic carbocycles. The van der Waals surface area contributed by atoms with Crippen LogP contribution in [0.25, 0.3) is 0 Å². The van der Waals surface area contributed by atoms with Crippen LogP contribution in [-0.2, 0) is 6.42 Å². The third-order valence-electron chi connectivity index (χ3n) is 3.88. The Kier molecular flexibility index (Phi) is 6.18. The summed E-state index contributed by atoms with van der Waals surface area (Å²) in [7, 11) is 0. The number of fused-ring (bicyclic) bond motifs is 1. The molecule has 0 amide bonds. The molecule has 0 heterocycles. The molecule has 1 nitrogen and oxygen atoms in total. The lowest BCUT2D eigenvalue weighted by atomic mass is 10.1. The summed E-state index contributed by atoms with van der Waals surface area (Å²) in [5.41, 5.74) is 2.11. The summed E-state index contributed by atoms with van der Waals surface area (Å²) in [6.45, 7) is 1.06. The molecule has 0 saturated carbocycles. The van der Waals surface area contributed by atoms with E-state index in [0.29, 0.717) is 6.04 Å². The van der Waals surface area contributed by atoms with Crippen LogP contribution < -0.4 is 5.32 Å². The van der Waals surface area contributed by atoms with Crippen LogP contribution >= 0.6 is 11.8 Å². The fourth-order valence-corrected chi connectivity index (χ4v) is 3.32. The van der Waals surface area contributed by atoms with Crippen molar-refractivity contribution in [3.63, 3.8) is 0 Å². The van der Waals surface area contributed by atoms with E-state index in [0.717, 1.165) is 24.9 Å². The fraction of sp³-hybridized carbons (Fsp3) is 0.625. The van der Waals surface area contributed by atoms with Crippen LogP contribution in [0, 0.1) is 5.82 Å². The number of rotatable bonds is 8. The van der Waals surface area contributed by atoms with E-state index < -0.39 is 0 Å². The molecule has 0 spiro atoms. The highest BCUT2D eigenvalue weighted by atomic mass is 32.2. The van der Waals surface area contributed by atoms with Crippen molar-refractivity contribution in [2.75, 3.05) is 18.6 Å². The van der Waals surface area contributed by atoms with Crippen LogP contribution in [0.3, 0.4) is 0 Å². The number of thioether (sulfide) groups is 1. The molecule has 106 valence electrons. The average Bonchev–Trinajstić information content (AvgIpc) is 2.83. The van der Waals surface area contributed by atoms with Gasteiger partial charge in [0.25, 0.3) is 0 Å². The quantitative estimate of drug-likeness (QED) is 0.712. The molecule has 0 fully saturated rings. The van der Waals surface area contributed by atoms with Crippen LogP contribution in [0.1, 0.15) is 49.3 Å². The highest BCUT2D eigenvalue weighted by Gasteiger charge is 2.23. The van der Waals surface area contributed by atoms with E-state index in [-0.39, 0.29) is 5.82 Å². The minimum absolute atomic E-state index is 0.0288. The molecule has 1 aliphatic carbocycles. The lowest BCUT2D eigenvalue weighted by molar-refractivity contribution is 0.506. The van der Waals surface area contributed by atoms with Crippen LogP contribution in [0.4, 0.5) is 4.39 Å². The minimum Gasteiger partial charge on any atom is -0.310 e. The molecule has 0 aromatic heterocycles. The van der Waals surface area contributed by atoms with Gasteiger partial charge in [0.2, 0.25) is 0 Å². The predicted molar refractivity (Wildman–Crippen MR) is 82.3 cm³/mol. The first kappa shape index (κ1) is 14.9. The number of nitrogens with one attached hydrogen (secondary N) is 1. The summed E-state index contributed by atoms with van der Waals surface area (Å²) >= 11 is 1.93. The normalized spacial score (nSPS) is 17.7. The van der Waals surface area contributed by atoms with Crippen molar-refractivity contribution >= 4 is 11.8 Å². The maximum atomic E-state index is 13.6. The van der Waals surface area contributed by atoms with Gasteiger partial charge in [-0.1, -0.05) is 25.0 Å². The van der Waals surface area contributed by atoms with Crippen molar-refractivity contribution in [1.29, 1.82) is 0 Å². The molecule has 1 N–H and O–H groups in total. The number of hydrogen-bond acceptors (Lipinski definition) is 2. The van der Waals surface area contributed by atoms with E-state index >= 15 is 0 Å². The van der Waals surface area contributed by atoms with Gasteiger partial charge in [-0.15, -0.1) is 0 Å². The Hall–Kier alpha value is -0.540. The van der Waals surface area contributed by atoms with Gasteiger partial charge < -0.3 is 5.32 Å². The zero-order valence-electron chi connectivity index (χ0n) is 11.8.